The quantitative estimate of drug-likeness (QED) is 0.201. The van der Waals surface area contributed by atoms with Crippen molar-refractivity contribution >= 4 is 31.1 Å². The molecule has 3 rings (SSSR count). The Balaban J connectivity index is 1.88. The fraction of sp³-hybridized carbons (Fsp3) is 0.586. The maximum atomic E-state index is 12.9. The van der Waals surface area contributed by atoms with E-state index in [-0.39, 0.29) is 11.6 Å². The van der Waals surface area contributed by atoms with Gasteiger partial charge in [0.15, 0.2) is 6.29 Å². The summed E-state index contributed by atoms with van der Waals surface area (Å²) in [4.78, 5) is 1.98. The molecule has 1 aliphatic heterocycles. The molecule has 1 aliphatic rings. The molecular weight excluding hydrogens is 523 g/mol. The van der Waals surface area contributed by atoms with Gasteiger partial charge in [0.05, 0.1) is 51.4 Å². The maximum Gasteiger partial charge on any atom is 0.335 e. The second-order valence-electron chi connectivity index (χ2n) is 9.98. The van der Waals surface area contributed by atoms with Gasteiger partial charge in [0.25, 0.3) is 0 Å². The Morgan fingerprint density at radius 3 is 2.18 bits per heavy atom. The predicted octanol–water partition coefficient (Wildman–Crippen LogP) is 8.33. The summed E-state index contributed by atoms with van der Waals surface area (Å²) in [6, 6.07) is 7.98. The molecule has 7 nitrogen and oxygen atoms in total. The summed E-state index contributed by atoms with van der Waals surface area (Å²) in [5, 5.41) is 0. The first-order valence-corrected chi connectivity index (χ1v) is 16.1. The van der Waals surface area contributed by atoms with E-state index in [1.54, 1.807) is 11.3 Å². The number of benzene rings is 1. The number of hydrogen-bond acceptors (Lipinski definition) is 8. The van der Waals surface area contributed by atoms with Crippen LogP contribution in [0, 0.1) is 5.41 Å². The van der Waals surface area contributed by atoms with Gasteiger partial charge in [-0.2, -0.15) is 0 Å². The van der Waals surface area contributed by atoms with Crippen molar-refractivity contribution < 1.29 is 32.6 Å². The Kier molecular flexibility index (Phi) is 11.9. The number of rotatable bonds is 15. The van der Waals surface area contributed by atoms with Crippen LogP contribution in [0.25, 0.3) is 12.2 Å². The van der Waals surface area contributed by atoms with E-state index >= 15 is 0 Å². The van der Waals surface area contributed by atoms with E-state index in [4.69, 9.17) is 28.0 Å². The molecule has 212 valence electrons. The molecule has 1 aromatic carbocycles. The summed E-state index contributed by atoms with van der Waals surface area (Å²) >= 11 is 1.57. The monoisotopic (exact) mass is 566 g/mol. The highest BCUT2D eigenvalue weighted by molar-refractivity contribution is 7.53. The second-order valence-corrected chi connectivity index (χ2v) is 13.2. The first kappa shape index (κ1) is 30.9. The molecule has 9 heteroatoms. The minimum absolute atomic E-state index is 0.0240. The van der Waals surface area contributed by atoms with E-state index in [9.17, 15) is 4.57 Å². The third-order valence-electron chi connectivity index (χ3n) is 5.68. The van der Waals surface area contributed by atoms with Crippen LogP contribution in [0.5, 0.6) is 11.5 Å². The molecule has 2 aromatic rings. The summed E-state index contributed by atoms with van der Waals surface area (Å²) < 4.78 is 48.3. The molecule has 0 radical (unpaired) electrons. The normalized spacial score (nSPS) is 16.3. The molecule has 1 fully saturated rings. The molecule has 0 unspecified atom stereocenters. The summed E-state index contributed by atoms with van der Waals surface area (Å²) in [7, 11) is -3.14. The molecule has 38 heavy (non-hydrogen) atoms. The first-order chi connectivity index (χ1) is 18.2. The Labute approximate surface area is 232 Å². The molecule has 0 bridgehead atoms. The number of thiophene rings is 1. The topological polar surface area (TPSA) is 72.5 Å². The van der Waals surface area contributed by atoms with E-state index in [0.717, 1.165) is 45.2 Å². The maximum absolute atomic E-state index is 12.9. The van der Waals surface area contributed by atoms with Gasteiger partial charge in [-0.3, -0.25) is 4.57 Å². The van der Waals surface area contributed by atoms with Crippen LogP contribution in [0.3, 0.4) is 0 Å². The molecule has 0 aliphatic carbocycles. The van der Waals surface area contributed by atoms with Crippen LogP contribution >= 0.6 is 18.9 Å². The van der Waals surface area contributed by atoms with Gasteiger partial charge in [0, 0.05) is 20.7 Å². The lowest BCUT2D eigenvalue weighted by Crippen LogP contribution is -2.34. The van der Waals surface area contributed by atoms with Crippen LogP contribution in [0.2, 0.25) is 0 Å². The van der Waals surface area contributed by atoms with Gasteiger partial charge in [-0.1, -0.05) is 27.7 Å². The Bertz CT molecular complexity index is 1070. The molecule has 0 atom stereocenters. The van der Waals surface area contributed by atoms with Crippen molar-refractivity contribution in [3.63, 3.8) is 0 Å². The molecular formula is C29H43O7PS. The van der Waals surface area contributed by atoms with Gasteiger partial charge in [0.2, 0.25) is 0 Å². The average Bonchev–Trinajstić information content (AvgIpc) is 3.32. The van der Waals surface area contributed by atoms with E-state index < -0.39 is 13.9 Å². The van der Waals surface area contributed by atoms with Crippen molar-refractivity contribution in [2.24, 2.45) is 5.41 Å². The van der Waals surface area contributed by atoms with E-state index in [1.807, 2.05) is 50.3 Å². The zero-order valence-corrected chi connectivity index (χ0v) is 25.3. The van der Waals surface area contributed by atoms with Crippen molar-refractivity contribution in [1.82, 2.24) is 0 Å². The number of hydrogen-bond donors (Lipinski definition) is 0. The standard InChI is InChI=1S/C29H43O7PS/c1-7-15-31-26-18-25(28-33-20-29(5,6)21-34-28)27(32-16-8-2)17-22(26)11-12-23-13-14-24(38-23)19-37(30,35-9-3)36-10-4/h11-14,17-18,28H,7-10,15-16,19-21H2,1-6H3. The first-order valence-electron chi connectivity index (χ1n) is 13.5. The van der Waals surface area contributed by atoms with Crippen molar-refractivity contribution in [2.45, 2.75) is 66.8 Å². The third-order valence-corrected chi connectivity index (χ3v) is 8.98. The smallest absolute Gasteiger partial charge is 0.335 e. The highest BCUT2D eigenvalue weighted by Crippen LogP contribution is 2.52. The average molecular weight is 567 g/mol. The van der Waals surface area contributed by atoms with E-state index in [1.165, 1.54) is 0 Å². The lowest BCUT2D eigenvalue weighted by molar-refractivity contribution is -0.226. The van der Waals surface area contributed by atoms with Gasteiger partial charge in [-0.15, -0.1) is 11.3 Å². The molecule has 0 N–H and O–H groups in total. The molecule has 0 spiro atoms. The van der Waals surface area contributed by atoms with E-state index in [2.05, 4.69) is 27.7 Å². The van der Waals surface area contributed by atoms with Crippen LogP contribution in [-0.2, 0) is 29.2 Å². The zero-order chi connectivity index (χ0) is 27.6. The Morgan fingerprint density at radius 1 is 0.947 bits per heavy atom. The minimum atomic E-state index is -3.14. The van der Waals surface area contributed by atoms with Crippen molar-refractivity contribution in [2.75, 3.05) is 39.6 Å². The highest BCUT2D eigenvalue weighted by atomic mass is 32.1. The number of ether oxygens (including phenoxy) is 4. The van der Waals surface area contributed by atoms with Gasteiger partial charge in [-0.25, -0.2) is 0 Å². The van der Waals surface area contributed by atoms with Crippen LogP contribution in [0.4, 0.5) is 0 Å². The molecule has 1 aromatic heterocycles. The fourth-order valence-electron chi connectivity index (χ4n) is 3.91. The van der Waals surface area contributed by atoms with Crippen LogP contribution < -0.4 is 9.47 Å². The lowest BCUT2D eigenvalue weighted by Gasteiger charge is -2.35. The SMILES string of the molecule is CCCOc1cc(C2OCC(C)(C)CO2)c(OCCC)cc1C=Cc1ccc(CP(=O)(OCC)OCC)s1. The van der Waals surface area contributed by atoms with Gasteiger partial charge in [0.1, 0.15) is 11.5 Å². The predicted molar refractivity (Wildman–Crippen MR) is 154 cm³/mol. The van der Waals surface area contributed by atoms with Crippen molar-refractivity contribution in [3.8, 4) is 11.5 Å². The van der Waals surface area contributed by atoms with E-state index in [0.29, 0.717) is 39.6 Å². The van der Waals surface area contributed by atoms with Crippen molar-refractivity contribution in [3.05, 3.63) is 45.1 Å². The Morgan fingerprint density at radius 2 is 1.58 bits per heavy atom. The third kappa shape index (κ3) is 8.94. The van der Waals surface area contributed by atoms with Crippen LogP contribution in [0.1, 0.15) is 81.6 Å². The fourth-order valence-corrected chi connectivity index (χ4v) is 6.88. The largest absolute Gasteiger partial charge is 0.493 e. The lowest BCUT2D eigenvalue weighted by atomic mass is 9.95. The second kappa shape index (κ2) is 14.6. The van der Waals surface area contributed by atoms with Gasteiger partial charge < -0.3 is 28.0 Å². The Hall–Kier alpha value is -1.67. The summed E-state index contributed by atoms with van der Waals surface area (Å²) in [6.07, 6.45) is 5.62. The molecule has 0 saturated carbocycles. The van der Waals surface area contributed by atoms with Crippen molar-refractivity contribution in [1.29, 1.82) is 0 Å². The summed E-state index contributed by atoms with van der Waals surface area (Å²) in [5.74, 6) is 1.49. The van der Waals surface area contributed by atoms with Gasteiger partial charge in [-0.05, 0) is 63.1 Å². The molecule has 0 amide bonds. The van der Waals surface area contributed by atoms with Crippen LogP contribution in [-0.4, -0.2) is 39.6 Å². The van der Waals surface area contributed by atoms with Crippen LogP contribution in [0.15, 0.2) is 24.3 Å². The minimum Gasteiger partial charge on any atom is -0.493 e. The zero-order valence-electron chi connectivity index (χ0n) is 23.6. The summed E-state index contributed by atoms with van der Waals surface area (Å²) in [6.45, 7) is 15.2. The molecule has 1 saturated heterocycles. The highest BCUT2D eigenvalue weighted by Gasteiger charge is 2.31. The molecule has 2 heterocycles. The summed E-state index contributed by atoms with van der Waals surface area (Å²) in [5.41, 5.74) is 1.73. The van der Waals surface area contributed by atoms with Gasteiger partial charge >= 0.3 is 7.60 Å².